The van der Waals surface area contributed by atoms with Crippen LogP contribution >= 0.6 is 0 Å². The van der Waals surface area contributed by atoms with Crippen LogP contribution in [0, 0.1) is 13.8 Å². The topological polar surface area (TPSA) is 194 Å². The minimum absolute atomic E-state index is 0.210. The summed E-state index contributed by atoms with van der Waals surface area (Å²) in [5.74, 6) is 0.929. The molecule has 3 atom stereocenters. The van der Waals surface area contributed by atoms with Crippen molar-refractivity contribution in [3.63, 3.8) is 0 Å². The van der Waals surface area contributed by atoms with Gasteiger partial charge in [0, 0.05) is 51.4 Å². The molecule has 14 nitrogen and oxygen atoms in total. The predicted molar refractivity (Wildman–Crippen MR) is 209 cm³/mol. The van der Waals surface area contributed by atoms with Crippen molar-refractivity contribution in [1.82, 2.24) is 39.9 Å². The van der Waals surface area contributed by atoms with Gasteiger partial charge in [-0.2, -0.15) is 4.98 Å². The molecule has 0 spiro atoms. The van der Waals surface area contributed by atoms with Gasteiger partial charge in [0.25, 0.3) is 0 Å². The molecule has 2 amide bonds. The summed E-state index contributed by atoms with van der Waals surface area (Å²) >= 11 is 0. The largest absolute Gasteiger partial charge is 0.497 e. The number of nitrogens with one attached hydrogen (secondary N) is 2. The third kappa shape index (κ3) is 10.0. The van der Waals surface area contributed by atoms with Crippen molar-refractivity contribution in [2.24, 2.45) is 12.8 Å². The van der Waals surface area contributed by atoms with Crippen LogP contribution in [0.5, 0.6) is 5.75 Å². The Morgan fingerprint density at radius 3 is 2.33 bits per heavy atom. The second-order valence-corrected chi connectivity index (χ2v) is 13.8. The van der Waals surface area contributed by atoms with Crippen LogP contribution in [0.4, 0.5) is 5.95 Å². The fraction of sp³-hybridized carbons (Fsp3) is 0.317. The molecule has 0 aliphatic heterocycles. The van der Waals surface area contributed by atoms with Crippen LogP contribution in [-0.4, -0.2) is 60.3 Å². The van der Waals surface area contributed by atoms with Crippen LogP contribution in [0.1, 0.15) is 58.5 Å². The molecule has 0 fully saturated rings. The summed E-state index contributed by atoms with van der Waals surface area (Å²) in [6, 6.07) is 19.6. The van der Waals surface area contributed by atoms with E-state index in [0.29, 0.717) is 49.0 Å². The average Bonchev–Trinajstić information content (AvgIpc) is 3.94. The second kappa shape index (κ2) is 17.7. The molecule has 0 saturated carbocycles. The van der Waals surface area contributed by atoms with E-state index < -0.39 is 29.9 Å². The summed E-state index contributed by atoms with van der Waals surface area (Å²) in [7, 11) is 3.48. The van der Waals surface area contributed by atoms with Gasteiger partial charge in [0.1, 0.15) is 17.8 Å². The number of carbonyl (C=O) groups is 2. The Kier molecular flexibility index (Phi) is 12.4. The molecule has 14 heteroatoms. The van der Waals surface area contributed by atoms with Crippen LogP contribution in [0.15, 0.2) is 96.2 Å². The number of hydrogen-bond acceptors (Lipinski definition) is 10. The maximum atomic E-state index is 14.4. The number of hydrogen-bond donors (Lipinski definition) is 4. The Morgan fingerprint density at radius 1 is 0.945 bits per heavy atom. The Labute approximate surface area is 320 Å². The van der Waals surface area contributed by atoms with Gasteiger partial charge < -0.3 is 40.5 Å². The highest BCUT2D eigenvalue weighted by Gasteiger charge is 2.30. The molecule has 0 aliphatic carbocycles. The van der Waals surface area contributed by atoms with Gasteiger partial charge in [-0.3, -0.25) is 9.59 Å². The normalized spacial score (nSPS) is 12.9. The fourth-order valence-electron chi connectivity index (χ4n) is 6.59. The fourth-order valence-corrected chi connectivity index (χ4v) is 6.59. The number of nitrogen functional groups attached to an aromatic ring is 1. The van der Waals surface area contributed by atoms with E-state index in [4.69, 9.17) is 25.7 Å². The number of rotatable bonds is 17. The van der Waals surface area contributed by atoms with Crippen LogP contribution < -0.4 is 26.8 Å². The number of nitrogens with two attached hydrogens (primary N) is 2. The molecule has 3 aromatic carbocycles. The highest BCUT2D eigenvalue weighted by molar-refractivity contribution is 5.90. The first-order valence-corrected chi connectivity index (χ1v) is 18.3. The number of carbonyl (C=O) groups excluding carboxylic acids is 2. The summed E-state index contributed by atoms with van der Waals surface area (Å²) in [4.78, 5) is 41.2. The monoisotopic (exact) mass is 744 g/mol. The van der Waals surface area contributed by atoms with Crippen LogP contribution in [0.3, 0.4) is 0 Å². The van der Waals surface area contributed by atoms with E-state index in [0.717, 1.165) is 33.4 Å². The maximum absolute atomic E-state index is 14.4. The van der Waals surface area contributed by atoms with Crippen molar-refractivity contribution in [1.29, 1.82) is 0 Å². The molecule has 0 radical (unpaired) electrons. The number of ether oxygens (including phenoxy) is 1. The summed E-state index contributed by atoms with van der Waals surface area (Å²) in [5, 5.41) is 10.3. The number of aromatic nitrogens is 6. The summed E-state index contributed by atoms with van der Waals surface area (Å²) < 4.78 is 14.9. The number of anilines is 1. The van der Waals surface area contributed by atoms with Gasteiger partial charge in [0.2, 0.25) is 17.7 Å². The molecule has 286 valence electrons. The van der Waals surface area contributed by atoms with E-state index in [9.17, 15) is 9.59 Å². The molecule has 6 aromatic rings. The zero-order chi connectivity index (χ0) is 38.9. The first-order chi connectivity index (χ1) is 26.6. The molecule has 6 N–H and O–H groups in total. The van der Waals surface area contributed by atoms with E-state index in [1.165, 1.54) is 0 Å². The van der Waals surface area contributed by atoms with Crippen LogP contribution in [-0.2, 0) is 42.4 Å². The van der Waals surface area contributed by atoms with Crippen LogP contribution in [0.25, 0.3) is 11.1 Å². The quantitative estimate of drug-likeness (QED) is 0.104. The Balaban J connectivity index is 1.21. The van der Waals surface area contributed by atoms with Gasteiger partial charge in [-0.15, -0.1) is 0 Å². The zero-order valence-electron chi connectivity index (χ0n) is 31.6. The van der Waals surface area contributed by atoms with Crippen molar-refractivity contribution in [3.05, 3.63) is 131 Å². The van der Waals surface area contributed by atoms with Crippen molar-refractivity contribution < 1.29 is 18.8 Å². The highest BCUT2D eigenvalue weighted by Crippen LogP contribution is 2.25. The van der Waals surface area contributed by atoms with E-state index in [-0.39, 0.29) is 18.7 Å². The van der Waals surface area contributed by atoms with Crippen molar-refractivity contribution >= 4 is 17.8 Å². The lowest BCUT2D eigenvalue weighted by atomic mass is 9.95. The second-order valence-electron chi connectivity index (χ2n) is 13.8. The minimum atomic E-state index is -0.981. The maximum Gasteiger partial charge on any atom is 0.249 e. The first kappa shape index (κ1) is 38.4. The molecule has 55 heavy (non-hydrogen) atoms. The Hall–Kier alpha value is -6.28. The molecular weight excluding hydrogens is 697 g/mol. The molecular formula is C41H48N10O4. The lowest BCUT2D eigenvalue weighted by Crippen LogP contribution is -2.53. The minimum Gasteiger partial charge on any atom is -0.497 e. The number of nitrogens with zero attached hydrogens (tertiary/aromatic N) is 6. The average molecular weight is 745 g/mol. The number of aryl methyl sites for hydroxylation is 4. The Bertz CT molecular complexity index is 2170. The summed E-state index contributed by atoms with van der Waals surface area (Å²) in [6.07, 6.45) is 8.83. The number of imidazole rings is 2. The standard InChI is InChI=1S/C41H48N10O4/c1-26-19-32(54-4)20-27(2)33(26)23-35(46-38(52)34(42)11-8-17-51-18-16-44-41(51)43)39(53)47-36(22-31-24-50(3)25-45-31)40-48-37(49-55-40)21-28-12-14-30(15-13-28)29-9-6-5-7-10-29/h5-7,9-10,12-16,18-20,24-25,34-36H,8,11,17,21-23,42H2,1-4H3,(H2,43,44)(H,46,52)(H,47,53)/t34-,35+,36+/m1/s1. The van der Waals surface area contributed by atoms with Gasteiger partial charge >= 0.3 is 0 Å². The first-order valence-electron chi connectivity index (χ1n) is 18.3. The summed E-state index contributed by atoms with van der Waals surface area (Å²) in [5.41, 5.74) is 19.0. The molecule has 3 aromatic heterocycles. The molecule has 0 saturated heterocycles. The number of benzene rings is 3. The molecule has 0 unspecified atom stereocenters. The molecule has 0 bridgehead atoms. The third-order valence-corrected chi connectivity index (χ3v) is 9.64. The zero-order valence-corrected chi connectivity index (χ0v) is 31.6. The smallest absolute Gasteiger partial charge is 0.249 e. The van der Waals surface area contributed by atoms with Crippen molar-refractivity contribution in [3.8, 4) is 16.9 Å². The van der Waals surface area contributed by atoms with Gasteiger partial charge in [0.15, 0.2) is 11.8 Å². The molecule has 6 rings (SSSR count). The predicted octanol–water partition coefficient (Wildman–Crippen LogP) is 4.40. The summed E-state index contributed by atoms with van der Waals surface area (Å²) in [6.45, 7) is 4.46. The molecule has 0 aliphatic rings. The number of amides is 2. The lowest BCUT2D eigenvalue weighted by Gasteiger charge is -2.24. The third-order valence-electron chi connectivity index (χ3n) is 9.64. The van der Waals surface area contributed by atoms with E-state index in [2.05, 4.69) is 50.0 Å². The number of methoxy groups -OCH3 is 1. The van der Waals surface area contributed by atoms with Crippen molar-refractivity contribution in [2.45, 2.75) is 70.6 Å². The van der Waals surface area contributed by atoms with Crippen LogP contribution in [0.2, 0.25) is 0 Å². The van der Waals surface area contributed by atoms with E-state index in [1.807, 2.05) is 74.1 Å². The highest BCUT2D eigenvalue weighted by atomic mass is 16.5. The van der Waals surface area contributed by atoms with Gasteiger partial charge in [-0.25, -0.2) is 9.97 Å². The molecule has 3 heterocycles. The van der Waals surface area contributed by atoms with Crippen molar-refractivity contribution in [2.75, 3.05) is 12.8 Å². The van der Waals surface area contributed by atoms with E-state index in [1.54, 1.807) is 30.4 Å². The lowest BCUT2D eigenvalue weighted by molar-refractivity contribution is -0.130. The van der Waals surface area contributed by atoms with Gasteiger partial charge in [0.05, 0.1) is 25.2 Å². The Morgan fingerprint density at radius 2 is 1.67 bits per heavy atom. The van der Waals surface area contributed by atoms with Gasteiger partial charge in [-0.05, 0) is 72.2 Å². The van der Waals surface area contributed by atoms with E-state index >= 15 is 0 Å². The van der Waals surface area contributed by atoms with Gasteiger partial charge in [-0.1, -0.05) is 59.8 Å². The SMILES string of the molecule is COc1cc(C)c(C[C@H](NC(=O)[C@H](N)CCCn2ccnc2N)C(=O)N[C@@H](Cc2cn(C)cn2)c2nc(Cc3ccc(-c4ccccc4)cc3)no2)c(C)c1.